The Morgan fingerprint density at radius 3 is 2.88 bits per heavy atom. The number of nitrogens with zero attached hydrogens (tertiary/aromatic N) is 2. The Hall–Kier alpha value is -1.04. The van der Waals surface area contributed by atoms with E-state index in [1.165, 1.54) is 32.1 Å². The Morgan fingerprint density at radius 2 is 2.18 bits per heavy atom. The van der Waals surface area contributed by atoms with Crippen molar-refractivity contribution >= 4 is 17.7 Å². The standard InChI is InChI=1S/C11H16N2O3S/c14-11(15)6-10-12-9(13-16-10)7-17-8-4-2-1-3-5-8/h8H,1-7H2,(H,14,15). The Balaban J connectivity index is 1.78. The summed E-state index contributed by atoms with van der Waals surface area (Å²) in [5, 5.41) is 13.1. The molecule has 0 aliphatic heterocycles. The first-order chi connectivity index (χ1) is 8.24. The number of hydrogen-bond acceptors (Lipinski definition) is 5. The number of carboxylic acid groups (broad SMARTS) is 1. The molecule has 0 radical (unpaired) electrons. The summed E-state index contributed by atoms with van der Waals surface area (Å²) in [6, 6.07) is 0. The highest BCUT2D eigenvalue weighted by molar-refractivity contribution is 7.99. The van der Waals surface area contributed by atoms with E-state index in [4.69, 9.17) is 9.63 Å². The lowest BCUT2D eigenvalue weighted by Gasteiger charge is -2.19. The molecule has 0 saturated heterocycles. The van der Waals surface area contributed by atoms with Gasteiger partial charge in [-0.3, -0.25) is 4.79 Å². The number of rotatable bonds is 5. The molecule has 17 heavy (non-hydrogen) atoms. The van der Waals surface area contributed by atoms with Crippen LogP contribution in [0.1, 0.15) is 43.8 Å². The lowest BCUT2D eigenvalue weighted by atomic mass is 10.0. The monoisotopic (exact) mass is 256 g/mol. The Kier molecular flexibility index (Phi) is 4.42. The first kappa shape index (κ1) is 12.4. The van der Waals surface area contributed by atoms with Crippen LogP contribution in [0.25, 0.3) is 0 Å². The van der Waals surface area contributed by atoms with Gasteiger partial charge in [-0.25, -0.2) is 0 Å². The second-order valence-corrected chi connectivity index (χ2v) is 5.53. The van der Waals surface area contributed by atoms with Crippen LogP contribution >= 0.6 is 11.8 Å². The summed E-state index contributed by atoms with van der Waals surface area (Å²) in [4.78, 5) is 14.5. The van der Waals surface area contributed by atoms with Crippen LogP contribution in [0.3, 0.4) is 0 Å². The molecule has 1 aliphatic rings. The quantitative estimate of drug-likeness (QED) is 0.870. The molecule has 0 atom stereocenters. The van der Waals surface area contributed by atoms with E-state index in [2.05, 4.69) is 10.1 Å². The third-order valence-electron chi connectivity index (χ3n) is 2.81. The van der Waals surface area contributed by atoms with Gasteiger partial charge in [0.15, 0.2) is 5.82 Å². The van der Waals surface area contributed by atoms with Gasteiger partial charge in [0, 0.05) is 5.25 Å². The van der Waals surface area contributed by atoms with Crippen molar-refractivity contribution in [3.05, 3.63) is 11.7 Å². The molecular weight excluding hydrogens is 240 g/mol. The molecule has 5 nitrogen and oxygen atoms in total. The number of thioether (sulfide) groups is 1. The number of hydrogen-bond donors (Lipinski definition) is 1. The fourth-order valence-corrected chi connectivity index (χ4v) is 3.14. The summed E-state index contributed by atoms with van der Waals surface area (Å²) in [6.45, 7) is 0. The zero-order chi connectivity index (χ0) is 12.1. The first-order valence-corrected chi connectivity index (χ1v) is 6.94. The molecule has 0 aromatic carbocycles. The molecule has 0 unspecified atom stereocenters. The van der Waals surface area contributed by atoms with E-state index in [1.54, 1.807) is 0 Å². The summed E-state index contributed by atoms with van der Waals surface area (Å²) >= 11 is 1.85. The van der Waals surface area contributed by atoms with Gasteiger partial charge in [-0.1, -0.05) is 24.4 Å². The average Bonchev–Trinajstić information content (AvgIpc) is 2.75. The summed E-state index contributed by atoms with van der Waals surface area (Å²) in [7, 11) is 0. The predicted molar refractivity (Wildman–Crippen MR) is 63.8 cm³/mol. The predicted octanol–water partition coefficient (Wildman–Crippen LogP) is 2.26. The van der Waals surface area contributed by atoms with E-state index < -0.39 is 5.97 Å². The van der Waals surface area contributed by atoms with Crippen LogP contribution in [0, 0.1) is 0 Å². The van der Waals surface area contributed by atoms with Crippen LogP contribution in [-0.4, -0.2) is 26.5 Å². The largest absolute Gasteiger partial charge is 0.481 e. The van der Waals surface area contributed by atoms with Gasteiger partial charge in [-0.15, -0.1) is 0 Å². The highest BCUT2D eigenvalue weighted by Crippen LogP contribution is 2.29. The van der Waals surface area contributed by atoms with E-state index in [9.17, 15) is 4.79 Å². The fraction of sp³-hybridized carbons (Fsp3) is 0.727. The fourth-order valence-electron chi connectivity index (χ4n) is 1.97. The van der Waals surface area contributed by atoms with E-state index in [0.29, 0.717) is 16.8 Å². The molecule has 1 aromatic rings. The molecule has 1 fully saturated rings. The van der Waals surface area contributed by atoms with Crippen molar-refractivity contribution in [3.8, 4) is 0 Å². The average molecular weight is 256 g/mol. The second-order valence-electron chi connectivity index (χ2n) is 4.25. The maximum absolute atomic E-state index is 10.5. The van der Waals surface area contributed by atoms with E-state index in [0.717, 1.165) is 0 Å². The van der Waals surface area contributed by atoms with Gasteiger partial charge < -0.3 is 9.63 Å². The molecule has 1 aliphatic carbocycles. The van der Waals surface area contributed by atoms with Crippen LogP contribution in [-0.2, 0) is 17.0 Å². The van der Waals surface area contributed by atoms with E-state index in [1.807, 2.05) is 11.8 Å². The van der Waals surface area contributed by atoms with Crippen molar-refractivity contribution in [2.24, 2.45) is 0 Å². The van der Waals surface area contributed by atoms with Gasteiger partial charge in [-0.2, -0.15) is 16.7 Å². The number of aliphatic carboxylic acids is 1. The number of aromatic nitrogens is 2. The third-order valence-corrected chi connectivity index (χ3v) is 4.18. The van der Waals surface area contributed by atoms with Gasteiger partial charge in [-0.05, 0) is 12.8 Å². The molecule has 94 valence electrons. The Bertz CT molecular complexity index is 375. The molecule has 0 bridgehead atoms. The number of carbonyl (C=O) groups is 1. The number of carboxylic acids is 1. The smallest absolute Gasteiger partial charge is 0.312 e. The minimum absolute atomic E-state index is 0.191. The minimum atomic E-state index is -0.944. The van der Waals surface area contributed by atoms with Crippen molar-refractivity contribution < 1.29 is 14.4 Å². The third kappa shape index (κ3) is 4.03. The van der Waals surface area contributed by atoms with E-state index >= 15 is 0 Å². The highest BCUT2D eigenvalue weighted by atomic mass is 32.2. The summed E-state index contributed by atoms with van der Waals surface area (Å²) in [6.07, 6.45) is 6.32. The van der Waals surface area contributed by atoms with Crippen LogP contribution in [0.2, 0.25) is 0 Å². The van der Waals surface area contributed by atoms with Crippen LogP contribution in [0.15, 0.2) is 4.52 Å². The van der Waals surface area contributed by atoms with Gasteiger partial charge >= 0.3 is 5.97 Å². The summed E-state index contributed by atoms with van der Waals surface area (Å²) < 4.78 is 4.86. The van der Waals surface area contributed by atoms with Gasteiger partial charge in [0.2, 0.25) is 5.89 Å². The first-order valence-electron chi connectivity index (χ1n) is 5.89. The zero-order valence-electron chi connectivity index (χ0n) is 9.59. The van der Waals surface area contributed by atoms with Crippen molar-refractivity contribution in [1.82, 2.24) is 10.1 Å². The minimum Gasteiger partial charge on any atom is -0.481 e. The SMILES string of the molecule is O=C(O)Cc1nc(CSC2CCCCC2)no1. The molecule has 6 heteroatoms. The maximum atomic E-state index is 10.5. The van der Waals surface area contributed by atoms with Crippen molar-refractivity contribution in [3.63, 3.8) is 0 Å². The maximum Gasteiger partial charge on any atom is 0.312 e. The Morgan fingerprint density at radius 1 is 1.41 bits per heavy atom. The van der Waals surface area contributed by atoms with Crippen molar-refractivity contribution in [1.29, 1.82) is 0 Å². The Labute approximate surface area is 104 Å². The molecule has 1 heterocycles. The summed E-state index contributed by atoms with van der Waals surface area (Å²) in [5.74, 6) is 0.571. The van der Waals surface area contributed by atoms with Gasteiger partial charge in [0.1, 0.15) is 6.42 Å². The van der Waals surface area contributed by atoms with Crippen LogP contribution in [0.5, 0.6) is 0 Å². The van der Waals surface area contributed by atoms with Gasteiger partial charge in [0.25, 0.3) is 0 Å². The lowest BCUT2D eigenvalue weighted by molar-refractivity contribution is -0.136. The van der Waals surface area contributed by atoms with Gasteiger partial charge in [0.05, 0.1) is 5.75 Å². The molecule has 1 saturated carbocycles. The van der Waals surface area contributed by atoms with Crippen LogP contribution in [0.4, 0.5) is 0 Å². The lowest BCUT2D eigenvalue weighted by Crippen LogP contribution is -2.08. The highest BCUT2D eigenvalue weighted by Gasteiger charge is 2.16. The van der Waals surface area contributed by atoms with Crippen LogP contribution < -0.4 is 0 Å². The molecule has 0 spiro atoms. The molecular formula is C11H16N2O3S. The second kappa shape index (κ2) is 6.05. The molecule has 2 rings (SSSR count). The molecule has 1 aromatic heterocycles. The molecule has 0 amide bonds. The van der Waals surface area contributed by atoms with Crippen molar-refractivity contribution in [2.45, 2.75) is 49.5 Å². The van der Waals surface area contributed by atoms with Crippen molar-refractivity contribution in [2.75, 3.05) is 0 Å². The topological polar surface area (TPSA) is 76.2 Å². The van der Waals surface area contributed by atoms with E-state index in [-0.39, 0.29) is 12.3 Å². The zero-order valence-corrected chi connectivity index (χ0v) is 10.4. The summed E-state index contributed by atoms with van der Waals surface area (Å²) in [5.41, 5.74) is 0. The molecule has 1 N–H and O–H groups in total. The normalized spacial score (nSPS) is 17.2.